The van der Waals surface area contributed by atoms with Gasteiger partial charge in [-0.25, -0.2) is 14.6 Å². The highest BCUT2D eigenvalue weighted by molar-refractivity contribution is 5.75. The second kappa shape index (κ2) is 8.49. The van der Waals surface area contributed by atoms with Crippen LogP contribution in [0.15, 0.2) is 30.7 Å². The molecule has 0 radical (unpaired) electrons. The number of rotatable bonds is 4. The number of hydrogen-bond acceptors (Lipinski definition) is 6. The van der Waals surface area contributed by atoms with Crippen molar-refractivity contribution in [3.05, 3.63) is 58.8 Å². The van der Waals surface area contributed by atoms with Crippen LogP contribution in [0.3, 0.4) is 0 Å². The molecule has 1 aliphatic heterocycles. The minimum atomic E-state index is 0.105. The Hall–Kier alpha value is -3.29. The van der Waals surface area contributed by atoms with Crippen LogP contribution in [-0.2, 0) is 18.9 Å². The Labute approximate surface area is 201 Å². The fourth-order valence-corrected chi connectivity index (χ4v) is 4.87. The van der Waals surface area contributed by atoms with Crippen LogP contribution in [0.2, 0.25) is 0 Å². The van der Waals surface area contributed by atoms with Crippen molar-refractivity contribution in [2.45, 2.75) is 65.3 Å². The third kappa shape index (κ3) is 4.17. The molecule has 0 atom stereocenters. The lowest BCUT2D eigenvalue weighted by atomic mass is 9.84. The Bertz CT molecular complexity index is 1320. The Balaban J connectivity index is 1.46. The maximum absolute atomic E-state index is 5.11. The summed E-state index contributed by atoms with van der Waals surface area (Å²) in [5.74, 6) is 0.777. The van der Waals surface area contributed by atoms with Crippen LogP contribution in [0.4, 0.5) is 5.95 Å². The van der Waals surface area contributed by atoms with Gasteiger partial charge >= 0.3 is 0 Å². The number of anilines is 1. The van der Waals surface area contributed by atoms with E-state index in [0.29, 0.717) is 6.04 Å². The third-order valence-corrected chi connectivity index (χ3v) is 7.05. The smallest absolute Gasteiger partial charge is 0.227 e. The van der Waals surface area contributed by atoms with E-state index in [9.17, 15) is 0 Å². The van der Waals surface area contributed by atoms with Crippen molar-refractivity contribution in [2.75, 3.05) is 18.0 Å². The van der Waals surface area contributed by atoms with Crippen molar-refractivity contribution in [2.24, 2.45) is 7.05 Å². The largest absolute Gasteiger partial charge is 0.341 e. The highest BCUT2D eigenvalue weighted by Crippen LogP contribution is 2.29. The van der Waals surface area contributed by atoms with Gasteiger partial charge in [0.1, 0.15) is 5.52 Å². The van der Waals surface area contributed by atoms with Crippen LogP contribution in [0, 0.1) is 13.8 Å². The average Bonchev–Trinajstić information content (AvgIpc) is 3.40. The first-order chi connectivity index (χ1) is 16.2. The predicted molar refractivity (Wildman–Crippen MR) is 134 cm³/mol. The SMILES string of the molecule is Cc1ccc(C(C)(C)C)cc1Cc1nc(N2CCC(n3nncc3C)CC2)nc2ncn(C)c12. The lowest BCUT2D eigenvalue weighted by Gasteiger charge is -2.32. The average molecular weight is 459 g/mol. The number of nitrogens with zero attached hydrogens (tertiary/aromatic N) is 8. The molecule has 0 amide bonds. The molecule has 0 aliphatic carbocycles. The Morgan fingerprint density at radius 3 is 2.50 bits per heavy atom. The fourth-order valence-electron chi connectivity index (χ4n) is 4.87. The summed E-state index contributed by atoms with van der Waals surface area (Å²) in [6, 6.07) is 7.19. The van der Waals surface area contributed by atoms with Gasteiger partial charge in [0.05, 0.1) is 30.0 Å². The van der Waals surface area contributed by atoms with Crippen molar-refractivity contribution >= 4 is 17.1 Å². The number of piperidine rings is 1. The van der Waals surface area contributed by atoms with E-state index in [0.717, 1.165) is 60.9 Å². The molecule has 178 valence electrons. The van der Waals surface area contributed by atoms with E-state index in [4.69, 9.17) is 9.97 Å². The summed E-state index contributed by atoms with van der Waals surface area (Å²) in [5, 5.41) is 8.33. The fraction of sp³-hybridized carbons (Fsp3) is 0.500. The summed E-state index contributed by atoms with van der Waals surface area (Å²) in [6.07, 6.45) is 6.42. The summed E-state index contributed by atoms with van der Waals surface area (Å²) < 4.78 is 4.09. The van der Waals surface area contributed by atoms with Gasteiger partial charge in [0.25, 0.3) is 0 Å². The van der Waals surface area contributed by atoms with Crippen molar-refractivity contribution < 1.29 is 0 Å². The van der Waals surface area contributed by atoms with E-state index >= 15 is 0 Å². The first kappa shape index (κ1) is 22.5. The van der Waals surface area contributed by atoms with Crippen LogP contribution in [0.5, 0.6) is 0 Å². The molecule has 5 rings (SSSR count). The molecule has 34 heavy (non-hydrogen) atoms. The minimum absolute atomic E-state index is 0.105. The van der Waals surface area contributed by atoms with Crippen molar-refractivity contribution in [3.63, 3.8) is 0 Å². The van der Waals surface area contributed by atoms with Crippen molar-refractivity contribution in [1.82, 2.24) is 34.5 Å². The molecule has 0 saturated carbocycles. The van der Waals surface area contributed by atoms with E-state index in [1.165, 1.54) is 16.7 Å². The van der Waals surface area contributed by atoms with E-state index in [-0.39, 0.29) is 5.41 Å². The molecular formula is C26H34N8. The molecule has 3 aromatic heterocycles. The molecule has 0 N–H and O–H groups in total. The van der Waals surface area contributed by atoms with Crippen molar-refractivity contribution in [1.29, 1.82) is 0 Å². The zero-order valence-electron chi connectivity index (χ0n) is 21.1. The van der Waals surface area contributed by atoms with Gasteiger partial charge in [-0.05, 0) is 48.8 Å². The normalized spacial score (nSPS) is 15.4. The molecule has 1 aromatic carbocycles. The molecule has 8 heteroatoms. The van der Waals surface area contributed by atoms with Gasteiger partial charge in [0.2, 0.25) is 5.95 Å². The quantitative estimate of drug-likeness (QED) is 0.454. The number of aryl methyl sites for hydroxylation is 3. The van der Waals surface area contributed by atoms with Crippen LogP contribution in [0.1, 0.15) is 67.7 Å². The van der Waals surface area contributed by atoms with E-state index < -0.39 is 0 Å². The number of fused-ring (bicyclic) bond motifs is 1. The van der Waals surface area contributed by atoms with E-state index in [2.05, 4.69) is 77.7 Å². The van der Waals surface area contributed by atoms with Crippen LogP contribution < -0.4 is 4.90 Å². The summed E-state index contributed by atoms with van der Waals surface area (Å²) in [5.41, 5.74) is 7.96. The maximum Gasteiger partial charge on any atom is 0.227 e. The Morgan fingerprint density at radius 1 is 1.06 bits per heavy atom. The molecule has 0 unspecified atom stereocenters. The van der Waals surface area contributed by atoms with E-state index in [1.54, 1.807) is 0 Å². The molecule has 0 bridgehead atoms. The zero-order valence-corrected chi connectivity index (χ0v) is 21.1. The van der Waals surface area contributed by atoms with Gasteiger partial charge in [0, 0.05) is 26.6 Å². The van der Waals surface area contributed by atoms with Crippen LogP contribution in [-0.4, -0.2) is 47.6 Å². The number of hydrogen-bond donors (Lipinski definition) is 0. The molecule has 4 heterocycles. The van der Waals surface area contributed by atoms with Gasteiger partial charge in [-0.3, -0.25) is 0 Å². The molecular weight excluding hydrogens is 424 g/mol. The predicted octanol–water partition coefficient (Wildman–Crippen LogP) is 4.30. The van der Waals surface area contributed by atoms with Gasteiger partial charge in [-0.2, -0.15) is 4.98 Å². The lowest BCUT2D eigenvalue weighted by Crippen LogP contribution is -2.36. The van der Waals surface area contributed by atoms with Crippen LogP contribution >= 0.6 is 0 Å². The standard InChI is InChI=1S/C26H34N8/c1-17-7-8-20(26(3,4)5)13-19(17)14-22-23-24(27-16-32(23)6)30-25(29-22)33-11-9-21(10-12-33)34-18(2)15-28-31-34/h7-8,13,15-16,21H,9-12,14H2,1-6H3. The van der Waals surface area contributed by atoms with Crippen molar-refractivity contribution in [3.8, 4) is 0 Å². The third-order valence-electron chi connectivity index (χ3n) is 7.05. The molecule has 1 fully saturated rings. The van der Waals surface area contributed by atoms with Gasteiger partial charge < -0.3 is 9.47 Å². The van der Waals surface area contributed by atoms with Crippen LogP contribution in [0.25, 0.3) is 11.2 Å². The zero-order chi connectivity index (χ0) is 24.0. The summed E-state index contributed by atoms with van der Waals surface area (Å²) in [7, 11) is 2.02. The Morgan fingerprint density at radius 2 is 1.82 bits per heavy atom. The first-order valence-electron chi connectivity index (χ1n) is 12.1. The summed E-state index contributed by atoms with van der Waals surface area (Å²) in [6.45, 7) is 12.8. The maximum atomic E-state index is 5.11. The highest BCUT2D eigenvalue weighted by Gasteiger charge is 2.25. The Kier molecular flexibility index (Phi) is 5.62. The number of aromatic nitrogens is 7. The highest BCUT2D eigenvalue weighted by atomic mass is 15.4. The topological polar surface area (TPSA) is 77.6 Å². The second-order valence-corrected chi connectivity index (χ2v) is 10.6. The van der Waals surface area contributed by atoms with Gasteiger partial charge in [-0.1, -0.05) is 44.2 Å². The minimum Gasteiger partial charge on any atom is -0.341 e. The second-order valence-electron chi connectivity index (χ2n) is 10.6. The van der Waals surface area contributed by atoms with Gasteiger partial charge in [-0.15, -0.1) is 5.10 Å². The molecule has 1 aliphatic rings. The summed E-state index contributed by atoms with van der Waals surface area (Å²) in [4.78, 5) is 16.8. The molecule has 1 saturated heterocycles. The lowest BCUT2D eigenvalue weighted by molar-refractivity contribution is 0.353. The molecule has 4 aromatic rings. The van der Waals surface area contributed by atoms with Gasteiger partial charge in [0.15, 0.2) is 5.65 Å². The molecule has 0 spiro atoms. The monoisotopic (exact) mass is 458 g/mol. The number of benzene rings is 1. The molecule has 8 nitrogen and oxygen atoms in total. The first-order valence-corrected chi connectivity index (χ1v) is 12.1. The number of imidazole rings is 1. The summed E-state index contributed by atoms with van der Waals surface area (Å²) >= 11 is 0. The van der Waals surface area contributed by atoms with E-state index in [1.807, 2.05) is 24.1 Å².